The summed E-state index contributed by atoms with van der Waals surface area (Å²) in [5.74, 6) is -0.309. The SMILES string of the molecule is CCOC(=O)N1CCC[C@@H](C(=O)Nc2cccc(Cl)c2C)C1. The van der Waals surface area contributed by atoms with Crippen LogP contribution in [0.15, 0.2) is 18.2 Å². The van der Waals surface area contributed by atoms with Gasteiger partial charge in [0.1, 0.15) is 0 Å². The molecule has 0 unspecified atom stereocenters. The van der Waals surface area contributed by atoms with Crippen LogP contribution in [-0.4, -0.2) is 36.6 Å². The number of amides is 2. The van der Waals surface area contributed by atoms with Crippen molar-refractivity contribution >= 4 is 29.3 Å². The number of nitrogens with one attached hydrogen (secondary N) is 1. The summed E-state index contributed by atoms with van der Waals surface area (Å²) in [5.41, 5.74) is 1.56. The Balaban J connectivity index is 2.00. The van der Waals surface area contributed by atoms with Gasteiger partial charge in [-0.2, -0.15) is 0 Å². The van der Waals surface area contributed by atoms with Crippen LogP contribution in [0.1, 0.15) is 25.3 Å². The molecule has 0 radical (unpaired) electrons. The molecule has 1 aliphatic heterocycles. The average molecular weight is 325 g/mol. The zero-order valence-corrected chi connectivity index (χ0v) is 13.7. The third-order valence-electron chi connectivity index (χ3n) is 3.84. The molecule has 22 heavy (non-hydrogen) atoms. The van der Waals surface area contributed by atoms with Gasteiger partial charge in [0.25, 0.3) is 0 Å². The lowest BCUT2D eigenvalue weighted by atomic mass is 9.97. The maximum Gasteiger partial charge on any atom is 0.409 e. The first-order chi connectivity index (χ1) is 10.5. The van der Waals surface area contributed by atoms with Crippen molar-refractivity contribution in [2.75, 3.05) is 25.0 Å². The smallest absolute Gasteiger partial charge is 0.409 e. The van der Waals surface area contributed by atoms with Gasteiger partial charge < -0.3 is 15.0 Å². The Morgan fingerprint density at radius 2 is 2.23 bits per heavy atom. The van der Waals surface area contributed by atoms with Crippen molar-refractivity contribution in [2.45, 2.75) is 26.7 Å². The van der Waals surface area contributed by atoms with Gasteiger partial charge in [0.05, 0.1) is 12.5 Å². The van der Waals surface area contributed by atoms with Gasteiger partial charge in [0.2, 0.25) is 5.91 Å². The molecule has 6 heteroatoms. The second-order valence-corrected chi connectivity index (χ2v) is 5.79. The van der Waals surface area contributed by atoms with Gasteiger partial charge in [-0.25, -0.2) is 4.79 Å². The molecule has 5 nitrogen and oxygen atoms in total. The van der Waals surface area contributed by atoms with Gasteiger partial charge in [-0.05, 0) is 44.4 Å². The Morgan fingerprint density at radius 1 is 1.45 bits per heavy atom. The normalized spacial score (nSPS) is 18.0. The van der Waals surface area contributed by atoms with Crippen LogP contribution in [0.5, 0.6) is 0 Å². The number of anilines is 1. The van der Waals surface area contributed by atoms with Crippen LogP contribution in [0.2, 0.25) is 5.02 Å². The minimum absolute atomic E-state index is 0.0839. The number of nitrogens with zero attached hydrogens (tertiary/aromatic N) is 1. The fourth-order valence-corrected chi connectivity index (χ4v) is 2.72. The predicted octanol–water partition coefficient (Wildman–Crippen LogP) is 3.46. The number of halogens is 1. The standard InChI is InChI=1S/C16H21ClN2O3/c1-3-22-16(21)19-9-5-6-12(10-19)15(20)18-14-8-4-7-13(17)11(14)2/h4,7-8,12H,3,5-6,9-10H2,1-2H3,(H,18,20)/t12-/m1/s1. The largest absolute Gasteiger partial charge is 0.450 e. The number of carbonyl (C=O) groups excluding carboxylic acids is 2. The van der Waals surface area contributed by atoms with Crippen LogP contribution in [0.3, 0.4) is 0 Å². The highest BCUT2D eigenvalue weighted by Crippen LogP contribution is 2.25. The van der Waals surface area contributed by atoms with Crippen LogP contribution >= 0.6 is 11.6 Å². The lowest BCUT2D eigenvalue weighted by Crippen LogP contribution is -2.44. The second kappa shape index (κ2) is 7.49. The van der Waals surface area contributed by atoms with Crippen LogP contribution in [0.25, 0.3) is 0 Å². The fourth-order valence-electron chi connectivity index (χ4n) is 2.55. The molecule has 0 aromatic heterocycles. The van der Waals surface area contributed by atoms with E-state index in [9.17, 15) is 9.59 Å². The summed E-state index contributed by atoms with van der Waals surface area (Å²) in [7, 11) is 0. The van der Waals surface area contributed by atoms with E-state index in [1.165, 1.54) is 0 Å². The highest BCUT2D eigenvalue weighted by Gasteiger charge is 2.29. The van der Waals surface area contributed by atoms with Gasteiger partial charge in [-0.15, -0.1) is 0 Å². The maximum atomic E-state index is 12.4. The first-order valence-corrected chi connectivity index (χ1v) is 7.88. The van der Waals surface area contributed by atoms with Crippen LogP contribution in [-0.2, 0) is 9.53 Å². The number of piperidine rings is 1. The van der Waals surface area contributed by atoms with Crippen molar-refractivity contribution in [2.24, 2.45) is 5.92 Å². The summed E-state index contributed by atoms with van der Waals surface area (Å²) in [5, 5.41) is 3.53. The van der Waals surface area contributed by atoms with E-state index < -0.39 is 0 Å². The molecule has 1 N–H and O–H groups in total. The minimum Gasteiger partial charge on any atom is -0.450 e. The van der Waals surface area contributed by atoms with E-state index >= 15 is 0 Å². The number of carbonyl (C=O) groups is 2. The first-order valence-electron chi connectivity index (χ1n) is 7.50. The van der Waals surface area contributed by atoms with Crippen molar-refractivity contribution in [3.8, 4) is 0 Å². The van der Waals surface area contributed by atoms with E-state index in [1.807, 2.05) is 13.0 Å². The number of hydrogen-bond acceptors (Lipinski definition) is 3. The molecule has 0 aliphatic carbocycles. The molecule has 1 aromatic carbocycles. The third kappa shape index (κ3) is 3.91. The molecular weight excluding hydrogens is 304 g/mol. The molecule has 2 amide bonds. The molecular formula is C16H21ClN2O3. The highest BCUT2D eigenvalue weighted by molar-refractivity contribution is 6.31. The Bertz CT molecular complexity index is 562. The highest BCUT2D eigenvalue weighted by atomic mass is 35.5. The number of hydrogen-bond donors (Lipinski definition) is 1. The van der Waals surface area contributed by atoms with E-state index in [4.69, 9.17) is 16.3 Å². The maximum absolute atomic E-state index is 12.4. The van der Waals surface area contributed by atoms with Gasteiger partial charge in [-0.3, -0.25) is 4.79 Å². The molecule has 1 atom stereocenters. The fraction of sp³-hybridized carbons (Fsp3) is 0.500. The van der Waals surface area contributed by atoms with Gasteiger partial charge in [-0.1, -0.05) is 17.7 Å². The number of likely N-dealkylation sites (tertiary alicyclic amines) is 1. The van der Waals surface area contributed by atoms with Crippen molar-refractivity contribution in [1.82, 2.24) is 4.90 Å². The van der Waals surface area contributed by atoms with Crippen LogP contribution < -0.4 is 5.32 Å². The van der Waals surface area contributed by atoms with E-state index in [0.717, 1.165) is 18.4 Å². The summed E-state index contributed by atoms with van der Waals surface area (Å²) in [6.45, 7) is 5.01. The summed E-state index contributed by atoms with van der Waals surface area (Å²) in [4.78, 5) is 25.8. The van der Waals surface area contributed by atoms with Gasteiger partial charge in [0, 0.05) is 23.8 Å². The van der Waals surface area contributed by atoms with Crippen molar-refractivity contribution in [1.29, 1.82) is 0 Å². The predicted molar refractivity (Wildman–Crippen MR) is 86.1 cm³/mol. The molecule has 120 valence electrons. The quantitative estimate of drug-likeness (QED) is 0.926. The van der Waals surface area contributed by atoms with E-state index in [-0.39, 0.29) is 17.9 Å². The third-order valence-corrected chi connectivity index (χ3v) is 4.25. The van der Waals surface area contributed by atoms with E-state index in [1.54, 1.807) is 24.0 Å². The Hall–Kier alpha value is -1.75. The van der Waals surface area contributed by atoms with Crippen molar-refractivity contribution in [3.05, 3.63) is 28.8 Å². The van der Waals surface area contributed by atoms with Crippen molar-refractivity contribution < 1.29 is 14.3 Å². The zero-order valence-electron chi connectivity index (χ0n) is 12.9. The Morgan fingerprint density at radius 3 is 2.95 bits per heavy atom. The Labute approximate surface area is 135 Å². The molecule has 1 aromatic rings. The molecule has 1 fully saturated rings. The number of benzene rings is 1. The van der Waals surface area contributed by atoms with Crippen molar-refractivity contribution in [3.63, 3.8) is 0 Å². The molecule has 1 heterocycles. The van der Waals surface area contributed by atoms with Gasteiger partial charge in [0.15, 0.2) is 0 Å². The monoisotopic (exact) mass is 324 g/mol. The molecule has 1 aliphatic rings. The number of ether oxygens (including phenoxy) is 1. The topological polar surface area (TPSA) is 58.6 Å². The molecule has 2 rings (SSSR count). The molecule has 0 saturated carbocycles. The average Bonchev–Trinajstić information content (AvgIpc) is 2.52. The molecule has 1 saturated heterocycles. The second-order valence-electron chi connectivity index (χ2n) is 5.39. The van der Waals surface area contributed by atoms with E-state index in [2.05, 4.69) is 5.32 Å². The summed E-state index contributed by atoms with van der Waals surface area (Å²) in [6.07, 6.45) is 1.21. The number of rotatable bonds is 3. The lowest BCUT2D eigenvalue weighted by molar-refractivity contribution is -0.121. The van der Waals surface area contributed by atoms with E-state index in [0.29, 0.717) is 30.4 Å². The van der Waals surface area contributed by atoms with Crippen LogP contribution in [0.4, 0.5) is 10.5 Å². The molecule has 0 spiro atoms. The minimum atomic E-state index is -0.348. The zero-order chi connectivity index (χ0) is 16.1. The van der Waals surface area contributed by atoms with Crippen LogP contribution in [0, 0.1) is 12.8 Å². The summed E-state index contributed by atoms with van der Waals surface area (Å²) < 4.78 is 5.00. The first kappa shape index (κ1) is 16.6. The summed E-state index contributed by atoms with van der Waals surface area (Å²) in [6, 6.07) is 5.41. The summed E-state index contributed by atoms with van der Waals surface area (Å²) >= 11 is 6.06. The lowest BCUT2D eigenvalue weighted by Gasteiger charge is -2.31. The van der Waals surface area contributed by atoms with Gasteiger partial charge >= 0.3 is 6.09 Å². The molecule has 0 bridgehead atoms. The Kier molecular flexibility index (Phi) is 5.66.